The molecule has 2 heterocycles. The van der Waals surface area contributed by atoms with E-state index in [0.29, 0.717) is 5.82 Å². The Balaban J connectivity index is 1.42. The number of anilines is 5. The molecule has 1 aliphatic rings. The van der Waals surface area contributed by atoms with Gasteiger partial charge in [-0.05, 0) is 55.2 Å². The van der Waals surface area contributed by atoms with Gasteiger partial charge in [0.1, 0.15) is 11.6 Å². The summed E-state index contributed by atoms with van der Waals surface area (Å²) in [5.74, 6) is -0.00698. The summed E-state index contributed by atoms with van der Waals surface area (Å²) in [5, 5.41) is 13.6. The lowest BCUT2D eigenvalue weighted by atomic mass is 9.99. The summed E-state index contributed by atoms with van der Waals surface area (Å²) in [7, 11) is 0. The van der Waals surface area contributed by atoms with Gasteiger partial charge in [-0.3, -0.25) is 0 Å². The molecule has 0 unspecified atom stereocenters. The van der Waals surface area contributed by atoms with E-state index in [1.165, 1.54) is 30.8 Å². The van der Waals surface area contributed by atoms with Gasteiger partial charge in [0.05, 0.1) is 11.9 Å². The maximum absolute atomic E-state index is 13.8. The van der Waals surface area contributed by atoms with E-state index in [1.807, 2.05) is 12.1 Å². The maximum atomic E-state index is 13.8. The Morgan fingerprint density at radius 1 is 1.00 bits per heavy atom. The molecule has 0 radical (unpaired) electrons. The van der Waals surface area contributed by atoms with Crippen molar-refractivity contribution in [2.75, 3.05) is 28.6 Å². The highest BCUT2D eigenvalue weighted by molar-refractivity contribution is 5.62. The summed E-state index contributed by atoms with van der Waals surface area (Å²) in [6.07, 6.45) is 3.92. The summed E-state index contributed by atoms with van der Waals surface area (Å²) in [6.45, 7) is 4.46. The summed E-state index contributed by atoms with van der Waals surface area (Å²) in [5.41, 5.74) is 2.14. The van der Waals surface area contributed by atoms with Gasteiger partial charge < -0.3 is 15.5 Å². The second kappa shape index (κ2) is 8.38. The van der Waals surface area contributed by atoms with Crippen LogP contribution in [0.2, 0.25) is 0 Å². The lowest BCUT2D eigenvalue weighted by Gasteiger charge is -2.32. The van der Waals surface area contributed by atoms with Gasteiger partial charge >= 0.3 is 0 Å². The predicted octanol–water partition coefficient (Wildman–Crippen LogP) is 4.87. The smallest absolute Gasteiger partial charge is 0.249 e. The van der Waals surface area contributed by atoms with Crippen LogP contribution in [0.15, 0.2) is 48.7 Å². The molecule has 2 aromatic carbocycles. The van der Waals surface area contributed by atoms with E-state index in [9.17, 15) is 8.78 Å². The highest BCUT2D eigenvalue weighted by Gasteiger charge is 2.15. The number of nitrogens with one attached hydrogen (secondary N) is 2. The van der Waals surface area contributed by atoms with E-state index in [1.54, 1.807) is 0 Å². The molecular formula is C21H22F2N6. The minimum atomic E-state index is -0.727. The number of rotatable bonds is 5. The first-order valence-corrected chi connectivity index (χ1v) is 9.60. The van der Waals surface area contributed by atoms with Gasteiger partial charge in [0.25, 0.3) is 0 Å². The average molecular weight is 396 g/mol. The van der Waals surface area contributed by atoms with Crippen LogP contribution in [0.1, 0.15) is 19.8 Å². The van der Waals surface area contributed by atoms with Crippen molar-refractivity contribution in [1.29, 1.82) is 0 Å². The molecule has 1 aliphatic heterocycles. The van der Waals surface area contributed by atoms with Crippen molar-refractivity contribution < 1.29 is 8.78 Å². The molecule has 3 aromatic rings. The van der Waals surface area contributed by atoms with Crippen molar-refractivity contribution in [3.8, 4) is 0 Å². The third kappa shape index (κ3) is 4.77. The van der Waals surface area contributed by atoms with Crippen LogP contribution in [0.4, 0.5) is 37.6 Å². The number of hydrogen-bond acceptors (Lipinski definition) is 6. The third-order valence-electron chi connectivity index (χ3n) is 5.02. The van der Waals surface area contributed by atoms with Crippen LogP contribution >= 0.6 is 0 Å². The first-order chi connectivity index (χ1) is 14.1. The van der Waals surface area contributed by atoms with Crippen molar-refractivity contribution in [2.45, 2.75) is 19.8 Å². The zero-order chi connectivity index (χ0) is 20.2. The molecule has 4 rings (SSSR count). The standard InChI is InChI=1S/C21H22F2N6/c1-14-8-10-29(11-9-14)17-5-3-16(4-6-17)25-20-13-24-28-21(27-20)26-19-7-2-15(22)12-18(19)23/h2-7,12-14H,8-11H2,1H3,(H2,25,26,27,28). The van der Waals surface area contributed by atoms with Crippen molar-refractivity contribution >= 4 is 28.8 Å². The van der Waals surface area contributed by atoms with Gasteiger partial charge in [-0.25, -0.2) is 8.78 Å². The van der Waals surface area contributed by atoms with E-state index in [2.05, 4.69) is 49.8 Å². The topological polar surface area (TPSA) is 66.0 Å². The molecule has 0 saturated carbocycles. The SMILES string of the molecule is CC1CCN(c2ccc(Nc3cnnc(Nc4ccc(F)cc4F)n3)cc2)CC1. The third-order valence-corrected chi connectivity index (χ3v) is 5.02. The molecule has 1 fully saturated rings. The van der Waals surface area contributed by atoms with E-state index >= 15 is 0 Å². The van der Waals surface area contributed by atoms with E-state index in [-0.39, 0.29) is 11.6 Å². The zero-order valence-electron chi connectivity index (χ0n) is 16.1. The fourth-order valence-corrected chi connectivity index (χ4v) is 3.30. The van der Waals surface area contributed by atoms with Crippen LogP contribution in [-0.2, 0) is 0 Å². The fraction of sp³-hybridized carbons (Fsp3) is 0.286. The van der Waals surface area contributed by atoms with Crippen LogP contribution in [0.25, 0.3) is 0 Å². The van der Waals surface area contributed by atoms with Gasteiger partial charge in [-0.1, -0.05) is 6.92 Å². The summed E-state index contributed by atoms with van der Waals surface area (Å²) >= 11 is 0. The molecule has 1 aromatic heterocycles. The monoisotopic (exact) mass is 396 g/mol. The highest BCUT2D eigenvalue weighted by atomic mass is 19.1. The number of nitrogens with zero attached hydrogens (tertiary/aromatic N) is 4. The van der Waals surface area contributed by atoms with Gasteiger partial charge in [0, 0.05) is 30.5 Å². The number of hydrogen-bond donors (Lipinski definition) is 2. The minimum absolute atomic E-state index is 0.0746. The number of benzene rings is 2. The molecule has 2 N–H and O–H groups in total. The first-order valence-electron chi connectivity index (χ1n) is 9.60. The molecule has 0 aliphatic carbocycles. The largest absolute Gasteiger partial charge is 0.372 e. The molecule has 8 heteroatoms. The Bertz CT molecular complexity index is 971. The molecule has 0 spiro atoms. The van der Waals surface area contributed by atoms with Crippen molar-refractivity contribution in [3.05, 3.63) is 60.3 Å². The van der Waals surface area contributed by atoms with Gasteiger partial charge in [-0.2, -0.15) is 10.1 Å². The van der Waals surface area contributed by atoms with Crippen molar-refractivity contribution in [3.63, 3.8) is 0 Å². The Labute approximate surface area is 168 Å². The molecule has 6 nitrogen and oxygen atoms in total. The first kappa shape index (κ1) is 19.0. The van der Waals surface area contributed by atoms with Crippen molar-refractivity contribution in [2.24, 2.45) is 5.92 Å². The second-order valence-corrected chi connectivity index (χ2v) is 7.26. The molecule has 29 heavy (non-hydrogen) atoms. The highest BCUT2D eigenvalue weighted by Crippen LogP contribution is 2.25. The Morgan fingerprint density at radius 2 is 1.76 bits per heavy atom. The summed E-state index contributed by atoms with van der Waals surface area (Å²) in [4.78, 5) is 6.68. The quantitative estimate of drug-likeness (QED) is 0.641. The molecule has 150 valence electrons. The van der Waals surface area contributed by atoms with E-state index in [4.69, 9.17) is 0 Å². The lowest BCUT2D eigenvalue weighted by molar-refractivity contribution is 0.438. The average Bonchev–Trinajstić information content (AvgIpc) is 2.72. The van der Waals surface area contributed by atoms with Crippen LogP contribution in [0.3, 0.4) is 0 Å². The summed E-state index contributed by atoms with van der Waals surface area (Å²) < 4.78 is 26.8. The van der Waals surface area contributed by atoms with Gasteiger partial charge in [0.2, 0.25) is 5.95 Å². The maximum Gasteiger partial charge on any atom is 0.249 e. The zero-order valence-corrected chi connectivity index (χ0v) is 16.1. The lowest BCUT2D eigenvalue weighted by Crippen LogP contribution is -2.32. The Kier molecular flexibility index (Phi) is 5.50. The van der Waals surface area contributed by atoms with Crippen LogP contribution in [-0.4, -0.2) is 28.3 Å². The second-order valence-electron chi connectivity index (χ2n) is 7.26. The van der Waals surface area contributed by atoms with Crippen LogP contribution < -0.4 is 15.5 Å². The molecule has 0 atom stereocenters. The van der Waals surface area contributed by atoms with Crippen LogP contribution in [0.5, 0.6) is 0 Å². The Hall–Kier alpha value is -3.29. The molecule has 1 saturated heterocycles. The molecule has 0 amide bonds. The molecule has 0 bridgehead atoms. The van der Waals surface area contributed by atoms with Gasteiger partial charge in [-0.15, -0.1) is 5.10 Å². The van der Waals surface area contributed by atoms with Gasteiger partial charge in [0.15, 0.2) is 5.82 Å². The molecular weight excluding hydrogens is 374 g/mol. The fourth-order valence-electron chi connectivity index (χ4n) is 3.30. The normalized spacial score (nSPS) is 14.7. The predicted molar refractivity (Wildman–Crippen MR) is 110 cm³/mol. The van der Waals surface area contributed by atoms with Crippen molar-refractivity contribution in [1.82, 2.24) is 15.2 Å². The minimum Gasteiger partial charge on any atom is -0.372 e. The van der Waals surface area contributed by atoms with E-state index < -0.39 is 11.6 Å². The number of halogens is 2. The van der Waals surface area contributed by atoms with E-state index in [0.717, 1.165) is 36.8 Å². The van der Waals surface area contributed by atoms with Crippen LogP contribution in [0, 0.1) is 17.6 Å². The number of aromatic nitrogens is 3. The number of piperidine rings is 1. The Morgan fingerprint density at radius 3 is 2.48 bits per heavy atom. The summed E-state index contributed by atoms with van der Waals surface area (Å²) in [6, 6.07) is 11.4.